The molecule has 21 heavy (non-hydrogen) atoms. The number of rotatable bonds is 4. The predicted octanol–water partition coefficient (Wildman–Crippen LogP) is 3.76. The Balaban J connectivity index is 2.23. The van der Waals surface area contributed by atoms with Crippen molar-refractivity contribution in [2.24, 2.45) is 0 Å². The number of nitrogens with one attached hydrogen (secondary N) is 1. The van der Waals surface area contributed by atoms with Gasteiger partial charge in [0.1, 0.15) is 5.82 Å². The molecule has 8 heteroatoms. The van der Waals surface area contributed by atoms with Crippen LogP contribution in [0.4, 0.5) is 28.9 Å². The largest absolute Gasteiger partial charge is 0.378 e. The molecule has 0 amide bonds. The first kappa shape index (κ1) is 14.8. The van der Waals surface area contributed by atoms with Crippen molar-refractivity contribution in [2.45, 2.75) is 6.54 Å². The molecule has 2 rings (SSSR count). The zero-order valence-corrected chi connectivity index (χ0v) is 10.4. The summed E-state index contributed by atoms with van der Waals surface area (Å²) in [6.45, 7) is -0.324. The summed E-state index contributed by atoms with van der Waals surface area (Å²) in [5, 5.41) is 12.9. The van der Waals surface area contributed by atoms with Crippen LogP contribution < -0.4 is 5.32 Å². The van der Waals surface area contributed by atoms with Gasteiger partial charge < -0.3 is 5.32 Å². The van der Waals surface area contributed by atoms with Gasteiger partial charge in [-0.05, 0) is 0 Å². The van der Waals surface area contributed by atoms with Gasteiger partial charge in [0.25, 0.3) is 0 Å². The summed E-state index contributed by atoms with van der Waals surface area (Å²) in [6, 6.07) is 4.44. The fraction of sp³-hybridized carbons (Fsp3) is 0.0769. The third-order valence-corrected chi connectivity index (χ3v) is 2.73. The Hall–Kier alpha value is -2.64. The minimum absolute atomic E-state index is 0.103. The molecular weight excluding hydrogens is 292 g/mol. The molecule has 0 unspecified atom stereocenters. The van der Waals surface area contributed by atoms with Crippen LogP contribution >= 0.6 is 0 Å². The number of nitro groups is 1. The van der Waals surface area contributed by atoms with Gasteiger partial charge in [-0.25, -0.2) is 13.2 Å². The highest BCUT2D eigenvalue weighted by Crippen LogP contribution is 2.23. The smallest absolute Gasteiger partial charge is 0.305 e. The Morgan fingerprint density at radius 3 is 2.38 bits per heavy atom. The second-order valence-electron chi connectivity index (χ2n) is 4.11. The zero-order chi connectivity index (χ0) is 15.6. The van der Waals surface area contributed by atoms with Crippen molar-refractivity contribution in [3.8, 4) is 0 Å². The van der Waals surface area contributed by atoms with Crippen molar-refractivity contribution >= 4 is 11.4 Å². The fourth-order valence-corrected chi connectivity index (χ4v) is 1.69. The van der Waals surface area contributed by atoms with Crippen LogP contribution in [0.3, 0.4) is 0 Å². The monoisotopic (exact) mass is 300 g/mol. The molecule has 4 nitrogen and oxygen atoms in total. The van der Waals surface area contributed by atoms with Gasteiger partial charge in [-0.15, -0.1) is 0 Å². The number of nitrogens with zero attached hydrogens (tertiary/aromatic N) is 1. The molecule has 0 aliphatic rings. The van der Waals surface area contributed by atoms with Crippen molar-refractivity contribution < 1.29 is 22.5 Å². The lowest BCUT2D eigenvalue weighted by Crippen LogP contribution is -2.06. The van der Waals surface area contributed by atoms with E-state index in [1.54, 1.807) is 0 Å². The lowest BCUT2D eigenvalue weighted by atomic mass is 10.1. The highest BCUT2D eigenvalue weighted by molar-refractivity contribution is 5.47. The Bertz CT molecular complexity index is 707. The molecular formula is C13H8F4N2O2. The lowest BCUT2D eigenvalue weighted by molar-refractivity contribution is -0.387. The molecule has 0 bridgehead atoms. The van der Waals surface area contributed by atoms with E-state index in [0.29, 0.717) is 12.1 Å². The van der Waals surface area contributed by atoms with Crippen LogP contribution in [-0.2, 0) is 6.54 Å². The van der Waals surface area contributed by atoms with Gasteiger partial charge in [0, 0.05) is 30.3 Å². The molecule has 0 radical (unpaired) electrons. The SMILES string of the molecule is O=[N+]([O-])c1cccc(CNc2cc(F)c(F)cc2F)c1F. The molecule has 0 saturated heterocycles. The van der Waals surface area contributed by atoms with Gasteiger partial charge in [-0.1, -0.05) is 12.1 Å². The Morgan fingerprint density at radius 2 is 1.71 bits per heavy atom. The van der Waals surface area contributed by atoms with E-state index in [4.69, 9.17) is 0 Å². The van der Waals surface area contributed by atoms with Crippen molar-refractivity contribution in [2.75, 3.05) is 5.32 Å². The molecule has 0 atom stereocenters. The van der Waals surface area contributed by atoms with E-state index in [2.05, 4.69) is 5.32 Å². The first-order valence-corrected chi connectivity index (χ1v) is 5.70. The van der Waals surface area contributed by atoms with E-state index in [-0.39, 0.29) is 17.8 Å². The maximum atomic E-state index is 13.8. The number of hydrogen-bond donors (Lipinski definition) is 1. The van der Waals surface area contributed by atoms with Crippen LogP contribution in [0, 0.1) is 33.4 Å². The first-order valence-electron chi connectivity index (χ1n) is 5.70. The van der Waals surface area contributed by atoms with Gasteiger partial charge in [-0.2, -0.15) is 4.39 Å². The lowest BCUT2D eigenvalue weighted by Gasteiger charge is -2.09. The summed E-state index contributed by atoms with van der Waals surface area (Å²) in [7, 11) is 0. The highest BCUT2D eigenvalue weighted by Gasteiger charge is 2.17. The first-order chi connectivity index (χ1) is 9.90. The van der Waals surface area contributed by atoms with E-state index in [0.717, 1.165) is 6.07 Å². The van der Waals surface area contributed by atoms with E-state index in [1.807, 2.05) is 0 Å². The highest BCUT2D eigenvalue weighted by atomic mass is 19.2. The minimum Gasteiger partial charge on any atom is -0.378 e. The normalized spacial score (nSPS) is 10.5. The molecule has 110 valence electrons. The van der Waals surface area contributed by atoms with Crippen LogP contribution in [0.25, 0.3) is 0 Å². The Kier molecular flexibility index (Phi) is 4.06. The molecule has 0 aliphatic heterocycles. The summed E-state index contributed by atoms with van der Waals surface area (Å²) >= 11 is 0. The molecule has 2 aromatic carbocycles. The van der Waals surface area contributed by atoms with Crippen molar-refractivity contribution in [3.05, 3.63) is 69.3 Å². The summed E-state index contributed by atoms with van der Waals surface area (Å²) in [5.74, 6) is -4.74. The maximum absolute atomic E-state index is 13.8. The maximum Gasteiger partial charge on any atom is 0.305 e. The van der Waals surface area contributed by atoms with Crippen molar-refractivity contribution in [1.29, 1.82) is 0 Å². The predicted molar refractivity (Wildman–Crippen MR) is 66.7 cm³/mol. The Morgan fingerprint density at radius 1 is 1.05 bits per heavy atom. The minimum atomic E-state index is -1.35. The second kappa shape index (κ2) is 5.78. The summed E-state index contributed by atoms with van der Waals surface area (Å²) in [5.41, 5.74) is -1.20. The number of benzene rings is 2. The van der Waals surface area contributed by atoms with E-state index >= 15 is 0 Å². The summed E-state index contributed by atoms with van der Waals surface area (Å²) in [4.78, 5) is 9.69. The van der Waals surface area contributed by atoms with Gasteiger partial charge in [0.05, 0.1) is 10.6 Å². The van der Waals surface area contributed by atoms with Crippen LogP contribution in [0.5, 0.6) is 0 Å². The third kappa shape index (κ3) is 3.10. The Labute approximate surface area is 116 Å². The number of halogens is 4. The number of nitro benzene ring substituents is 1. The molecule has 2 aromatic rings. The number of anilines is 1. The second-order valence-corrected chi connectivity index (χ2v) is 4.11. The van der Waals surface area contributed by atoms with Gasteiger partial charge >= 0.3 is 5.69 Å². The van der Waals surface area contributed by atoms with Crippen molar-refractivity contribution in [3.63, 3.8) is 0 Å². The van der Waals surface area contributed by atoms with Gasteiger partial charge in [0.15, 0.2) is 11.6 Å². The molecule has 0 aliphatic carbocycles. The third-order valence-electron chi connectivity index (χ3n) is 2.73. The van der Waals surface area contributed by atoms with Crippen LogP contribution in [-0.4, -0.2) is 4.92 Å². The van der Waals surface area contributed by atoms with Crippen LogP contribution in [0.2, 0.25) is 0 Å². The van der Waals surface area contributed by atoms with E-state index in [9.17, 15) is 27.7 Å². The quantitative estimate of drug-likeness (QED) is 0.405. The molecule has 0 aromatic heterocycles. The van der Waals surface area contributed by atoms with E-state index < -0.39 is 33.9 Å². The molecule has 1 N–H and O–H groups in total. The molecule has 0 heterocycles. The van der Waals surface area contributed by atoms with Crippen LogP contribution in [0.15, 0.2) is 30.3 Å². The molecule has 0 saturated carbocycles. The standard InChI is InChI=1S/C13H8F4N2O2/c14-8-4-10(16)11(5-9(8)15)18-6-7-2-1-3-12(13(7)17)19(20)21/h1-5,18H,6H2. The fourth-order valence-electron chi connectivity index (χ4n) is 1.69. The van der Waals surface area contributed by atoms with E-state index in [1.165, 1.54) is 12.1 Å². The average molecular weight is 300 g/mol. The number of hydrogen-bond acceptors (Lipinski definition) is 3. The summed E-state index contributed by atoms with van der Waals surface area (Å²) in [6.07, 6.45) is 0. The average Bonchev–Trinajstić information content (AvgIpc) is 2.42. The van der Waals surface area contributed by atoms with Gasteiger partial charge in [0.2, 0.25) is 5.82 Å². The van der Waals surface area contributed by atoms with Crippen molar-refractivity contribution in [1.82, 2.24) is 0 Å². The zero-order valence-electron chi connectivity index (χ0n) is 10.4. The topological polar surface area (TPSA) is 55.2 Å². The summed E-state index contributed by atoms with van der Waals surface area (Å²) < 4.78 is 52.9. The van der Waals surface area contributed by atoms with Crippen LogP contribution in [0.1, 0.15) is 5.56 Å². The molecule has 0 spiro atoms. The molecule has 0 fully saturated rings. The van der Waals surface area contributed by atoms with Gasteiger partial charge in [-0.3, -0.25) is 10.1 Å².